The predicted octanol–water partition coefficient (Wildman–Crippen LogP) is 1.31. The molecule has 1 heterocycles. The first-order valence-corrected chi connectivity index (χ1v) is 4.31. The van der Waals surface area contributed by atoms with E-state index in [1.807, 2.05) is 11.6 Å². The Bertz CT molecular complexity index is 177. The van der Waals surface area contributed by atoms with Gasteiger partial charge in [-0.2, -0.15) is 0 Å². The number of thioether (sulfide) groups is 1. The molecule has 0 aromatic heterocycles. The number of hydrogen-bond acceptors (Lipinski definition) is 2. The lowest BCUT2D eigenvalue weighted by atomic mass is 10.5. The Labute approximate surface area is 66.2 Å². The first-order chi connectivity index (χ1) is 4.61. The lowest BCUT2D eigenvalue weighted by Gasteiger charge is -2.24. The van der Waals surface area contributed by atoms with E-state index in [4.69, 9.17) is 0 Å². The van der Waals surface area contributed by atoms with Gasteiger partial charge in [0.15, 0.2) is 0 Å². The van der Waals surface area contributed by atoms with Crippen LogP contribution in [0.3, 0.4) is 0 Å². The maximum atomic E-state index is 4.29. The number of rotatable bonds is 0. The summed E-state index contributed by atoms with van der Waals surface area (Å²) in [7, 11) is 6.41. The van der Waals surface area contributed by atoms with E-state index >= 15 is 0 Å². The van der Waals surface area contributed by atoms with Crippen molar-refractivity contribution in [3.05, 3.63) is 11.6 Å². The van der Waals surface area contributed by atoms with Gasteiger partial charge >= 0.3 is 0 Å². The van der Waals surface area contributed by atoms with Crippen LogP contribution >= 0.6 is 11.8 Å². The highest BCUT2D eigenvalue weighted by Crippen LogP contribution is 2.12. The fourth-order valence-corrected chi connectivity index (χ4v) is 1.54. The zero-order valence-electron chi connectivity index (χ0n) is 6.66. The first-order valence-electron chi connectivity index (χ1n) is 3.26. The highest BCUT2D eigenvalue weighted by Gasteiger charge is 2.18. The van der Waals surface area contributed by atoms with Crippen LogP contribution in [0.15, 0.2) is 16.6 Å². The number of nitrogens with zero attached hydrogens (tertiary/aromatic N) is 2. The van der Waals surface area contributed by atoms with E-state index < -0.39 is 0 Å². The highest BCUT2D eigenvalue weighted by molar-refractivity contribution is 8.02. The summed E-state index contributed by atoms with van der Waals surface area (Å²) in [5, 5.41) is 2.03. The Morgan fingerprint density at radius 1 is 1.50 bits per heavy atom. The first kappa shape index (κ1) is 7.82. The standard InChI is InChI=1S/C7H13N2S/c1-9(2,3)7-6-10-5-4-8-7/h4-5H,6H2,1-3H3/q+1. The van der Waals surface area contributed by atoms with Crippen LogP contribution in [-0.2, 0) is 0 Å². The van der Waals surface area contributed by atoms with Gasteiger partial charge in [-0.1, -0.05) is 0 Å². The molecule has 3 heteroatoms. The second-order valence-corrected chi connectivity index (χ2v) is 4.05. The minimum atomic E-state index is 0.845. The third-order valence-corrected chi connectivity index (χ3v) is 2.11. The van der Waals surface area contributed by atoms with E-state index in [-0.39, 0.29) is 0 Å². The van der Waals surface area contributed by atoms with E-state index in [1.165, 1.54) is 5.84 Å². The van der Waals surface area contributed by atoms with E-state index in [9.17, 15) is 0 Å². The molecule has 0 saturated carbocycles. The third-order valence-electron chi connectivity index (χ3n) is 1.37. The summed E-state index contributed by atoms with van der Waals surface area (Å²) in [6, 6.07) is 0. The average molecular weight is 157 g/mol. The summed E-state index contributed by atoms with van der Waals surface area (Å²) >= 11 is 1.80. The van der Waals surface area contributed by atoms with Crippen LogP contribution in [0, 0.1) is 0 Å². The van der Waals surface area contributed by atoms with Crippen molar-refractivity contribution in [3.8, 4) is 0 Å². The van der Waals surface area contributed by atoms with E-state index in [0.29, 0.717) is 0 Å². The number of quaternary nitrogens is 1. The molecule has 0 saturated heterocycles. The molecule has 0 aliphatic carbocycles. The van der Waals surface area contributed by atoms with Gasteiger partial charge in [-0.25, -0.2) is 4.99 Å². The molecule has 0 bridgehead atoms. The minimum Gasteiger partial charge on any atom is -0.285 e. The van der Waals surface area contributed by atoms with Crippen LogP contribution in [0.2, 0.25) is 0 Å². The molecule has 0 spiro atoms. The SMILES string of the molecule is C[N+](C)(C)C1=NC=CSC1. The fraction of sp³-hybridized carbons (Fsp3) is 0.571. The molecule has 0 N–H and O–H groups in total. The summed E-state index contributed by atoms with van der Waals surface area (Å²) in [5.74, 6) is 2.26. The van der Waals surface area contributed by atoms with Gasteiger partial charge in [-0.05, 0) is 5.41 Å². The monoisotopic (exact) mass is 157 g/mol. The zero-order valence-corrected chi connectivity index (χ0v) is 7.48. The molecule has 10 heavy (non-hydrogen) atoms. The summed E-state index contributed by atoms with van der Waals surface area (Å²) in [4.78, 5) is 4.29. The summed E-state index contributed by atoms with van der Waals surface area (Å²) in [5.41, 5.74) is 0. The summed E-state index contributed by atoms with van der Waals surface area (Å²) in [6.45, 7) is 0. The van der Waals surface area contributed by atoms with Crippen molar-refractivity contribution in [2.75, 3.05) is 26.9 Å². The van der Waals surface area contributed by atoms with Crippen LogP contribution in [0.1, 0.15) is 0 Å². The number of amidine groups is 1. The van der Waals surface area contributed by atoms with Gasteiger partial charge in [0.05, 0.1) is 26.9 Å². The van der Waals surface area contributed by atoms with Crippen molar-refractivity contribution in [2.45, 2.75) is 0 Å². The van der Waals surface area contributed by atoms with Crippen molar-refractivity contribution in [2.24, 2.45) is 4.99 Å². The molecule has 1 aliphatic heterocycles. The number of hydrogen-bond donors (Lipinski definition) is 0. The van der Waals surface area contributed by atoms with Crippen molar-refractivity contribution >= 4 is 17.6 Å². The van der Waals surface area contributed by atoms with Crippen LogP contribution < -0.4 is 0 Å². The summed E-state index contributed by atoms with van der Waals surface area (Å²) in [6.07, 6.45) is 1.87. The third kappa shape index (κ3) is 1.85. The molecule has 0 aromatic rings. The molecule has 0 radical (unpaired) electrons. The predicted molar refractivity (Wildman–Crippen MR) is 47.1 cm³/mol. The minimum absolute atomic E-state index is 0.845. The maximum absolute atomic E-state index is 4.29. The Kier molecular flexibility index (Phi) is 2.16. The van der Waals surface area contributed by atoms with Crippen molar-refractivity contribution < 1.29 is 4.48 Å². The van der Waals surface area contributed by atoms with Crippen molar-refractivity contribution in [1.29, 1.82) is 0 Å². The molecule has 0 aromatic carbocycles. The van der Waals surface area contributed by atoms with Gasteiger partial charge in [0, 0.05) is 6.20 Å². The Morgan fingerprint density at radius 3 is 2.50 bits per heavy atom. The van der Waals surface area contributed by atoms with Gasteiger partial charge in [0.25, 0.3) is 0 Å². The van der Waals surface area contributed by atoms with Crippen molar-refractivity contribution in [3.63, 3.8) is 0 Å². The second kappa shape index (κ2) is 2.76. The quantitative estimate of drug-likeness (QED) is 0.483. The van der Waals surface area contributed by atoms with Crippen LogP contribution in [0.25, 0.3) is 0 Å². The number of aliphatic imine (C=N–C) groups is 1. The molecular formula is C7H13N2S+. The summed E-state index contributed by atoms with van der Waals surface area (Å²) < 4.78 is 0.845. The van der Waals surface area contributed by atoms with Gasteiger partial charge < -0.3 is 0 Å². The fourth-order valence-electron chi connectivity index (χ4n) is 0.686. The zero-order chi connectivity index (χ0) is 7.61. The molecule has 0 fully saturated rings. The lowest BCUT2D eigenvalue weighted by Crippen LogP contribution is -2.42. The molecule has 0 amide bonds. The van der Waals surface area contributed by atoms with E-state index in [0.717, 1.165) is 10.2 Å². The maximum Gasteiger partial charge on any atom is 0.212 e. The van der Waals surface area contributed by atoms with Crippen LogP contribution in [-0.4, -0.2) is 37.2 Å². The van der Waals surface area contributed by atoms with E-state index in [2.05, 4.69) is 26.1 Å². The van der Waals surface area contributed by atoms with Crippen LogP contribution in [0.4, 0.5) is 0 Å². The highest BCUT2D eigenvalue weighted by atomic mass is 32.2. The molecule has 0 atom stereocenters. The molecule has 56 valence electrons. The van der Waals surface area contributed by atoms with Gasteiger partial charge in [0.1, 0.15) is 0 Å². The molecule has 1 rings (SSSR count). The Balaban J connectivity index is 2.72. The van der Waals surface area contributed by atoms with Gasteiger partial charge in [-0.15, -0.1) is 11.8 Å². The average Bonchev–Trinajstić information content (AvgIpc) is 1.88. The lowest BCUT2D eigenvalue weighted by molar-refractivity contribution is -0.777. The Hall–Kier alpha value is -0.280. The normalized spacial score (nSPS) is 18.9. The molecular weight excluding hydrogens is 144 g/mol. The van der Waals surface area contributed by atoms with Crippen LogP contribution in [0.5, 0.6) is 0 Å². The van der Waals surface area contributed by atoms with E-state index in [1.54, 1.807) is 11.8 Å². The second-order valence-electron chi connectivity index (χ2n) is 3.15. The topological polar surface area (TPSA) is 12.4 Å². The van der Waals surface area contributed by atoms with Gasteiger partial charge in [0.2, 0.25) is 5.84 Å². The molecule has 2 nitrogen and oxygen atoms in total. The molecule has 0 unspecified atom stereocenters. The largest absolute Gasteiger partial charge is 0.285 e. The Morgan fingerprint density at radius 2 is 2.20 bits per heavy atom. The van der Waals surface area contributed by atoms with Crippen molar-refractivity contribution in [1.82, 2.24) is 0 Å². The molecule has 1 aliphatic rings. The van der Waals surface area contributed by atoms with Gasteiger partial charge in [-0.3, -0.25) is 4.48 Å². The smallest absolute Gasteiger partial charge is 0.212 e.